The van der Waals surface area contributed by atoms with E-state index in [2.05, 4.69) is 10.0 Å². The van der Waals surface area contributed by atoms with Crippen LogP contribution in [0.5, 0.6) is 0 Å². The fourth-order valence-corrected chi connectivity index (χ4v) is 4.13. The Balaban J connectivity index is 1.74. The van der Waals surface area contributed by atoms with Gasteiger partial charge in [-0.05, 0) is 55.0 Å². The molecule has 0 heterocycles. The Morgan fingerprint density at radius 2 is 1.59 bits per heavy atom. The van der Waals surface area contributed by atoms with Crippen LogP contribution in [0, 0.1) is 0 Å². The van der Waals surface area contributed by atoms with Gasteiger partial charge in [0.05, 0.1) is 27.2 Å². The fraction of sp³-hybridized carbons (Fsp3) is 0.0952. The van der Waals surface area contributed by atoms with Gasteiger partial charge in [-0.15, -0.1) is 0 Å². The van der Waals surface area contributed by atoms with E-state index in [0.29, 0.717) is 5.02 Å². The van der Waals surface area contributed by atoms with Crippen molar-refractivity contribution in [3.8, 4) is 0 Å². The van der Waals surface area contributed by atoms with Crippen LogP contribution in [0.4, 0.5) is 5.69 Å². The topological polar surface area (TPSA) is 75.3 Å². The zero-order chi connectivity index (χ0) is 21.0. The number of hydrogen-bond donors (Lipinski definition) is 2. The summed E-state index contributed by atoms with van der Waals surface area (Å²) in [6, 6.07) is 19.5. The third kappa shape index (κ3) is 5.29. The Labute approximate surface area is 179 Å². The number of sulfonamides is 1. The van der Waals surface area contributed by atoms with Gasteiger partial charge >= 0.3 is 0 Å². The molecule has 3 aromatic carbocycles. The number of nitrogens with one attached hydrogen (secondary N) is 2. The van der Waals surface area contributed by atoms with Crippen molar-refractivity contribution in [3.05, 3.63) is 94.0 Å². The van der Waals surface area contributed by atoms with Crippen LogP contribution in [-0.2, 0) is 10.0 Å². The molecule has 0 aromatic heterocycles. The molecule has 5 nitrogen and oxygen atoms in total. The van der Waals surface area contributed by atoms with E-state index in [4.69, 9.17) is 23.2 Å². The fourth-order valence-electron chi connectivity index (χ4n) is 2.69. The van der Waals surface area contributed by atoms with Gasteiger partial charge in [-0.1, -0.05) is 53.5 Å². The highest BCUT2D eigenvalue weighted by Crippen LogP contribution is 2.24. The van der Waals surface area contributed by atoms with E-state index in [1.54, 1.807) is 0 Å². The summed E-state index contributed by atoms with van der Waals surface area (Å²) in [6.07, 6.45) is 0. The molecule has 0 fully saturated rings. The predicted molar refractivity (Wildman–Crippen MR) is 116 cm³/mol. The first-order chi connectivity index (χ1) is 13.8. The van der Waals surface area contributed by atoms with E-state index in [0.717, 1.165) is 5.56 Å². The van der Waals surface area contributed by atoms with Crippen molar-refractivity contribution in [2.75, 3.05) is 4.72 Å². The summed E-state index contributed by atoms with van der Waals surface area (Å²) in [6.45, 7) is 1.87. The summed E-state index contributed by atoms with van der Waals surface area (Å²) in [4.78, 5) is 12.6. The molecule has 0 saturated carbocycles. The van der Waals surface area contributed by atoms with Crippen molar-refractivity contribution >= 4 is 44.8 Å². The second-order valence-corrected chi connectivity index (χ2v) is 8.89. The van der Waals surface area contributed by atoms with Crippen LogP contribution in [0.2, 0.25) is 10.0 Å². The van der Waals surface area contributed by atoms with Gasteiger partial charge < -0.3 is 5.32 Å². The maximum atomic E-state index is 12.6. The Morgan fingerprint density at radius 1 is 0.931 bits per heavy atom. The Hall–Kier alpha value is -2.54. The number of rotatable bonds is 6. The molecule has 1 atom stereocenters. The summed E-state index contributed by atoms with van der Waals surface area (Å²) >= 11 is 12.0. The summed E-state index contributed by atoms with van der Waals surface area (Å²) < 4.78 is 27.4. The van der Waals surface area contributed by atoms with Crippen molar-refractivity contribution in [2.45, 2.75) is 17.9 Å². The van der Waals surface area contributed by atoms with E-state index < -0.39 is 10.0 Å². The van der Waals surface area contributed by atoms with Gasteiger partial charge in [-0.25, -0.2) is 8.42 Å². The molecule has 0 unspecified atom stereocenters. The minimum atomic E-state index is -3.80. The third-order valence-corrected chi connectivity index (χ3v) is 6.20. The molecule has 0 aliphatic rings. The van der Waals surface area contributed by atoms with Gasteiger partial charge in [0.1, 0.15) is 0 Å². The maximum Gasteiger partial charge on any atom is 0.261 e. The van der Waals surface area contributed by atoms with Crippen LogP contribution >= 0.6 is 23.2 Å². The summed E-state index contributed by atoms with van der Waals surface area (Å²) in [5, 5.41) is 3.45. The lowest BCUT2D eigenvalue weighted by molar-refractivity contribution is 0.0940. The largest absolute Gasteiger partial charge is 0.345 e. The number of benzene rings is 3. The van der Waals surface area contributed by atoms with Gasteiger partial charge in [0.15, 0.2) is 0 Å². The zero-order valence-electron chi connectivity index (χ0n) is 15.4. The molecule has 2 N–H and O–H groups in total. The first kappa shape index (κ1) is 21.2. The van der Waals surface area contributed by atoms with Crippen LogP contribution < -0.4 is 10.0 Å². The van der Waals surface area contributed by atoms with E-state index in [-0.39, 0.29) is 33.1 Å². The monoisotopic (exact) mass is 448 g/mol. The van der Waals surface area contributed by atoms with Gasteiger partial charge in [-0.3, -0.25) is 9.52 Å². The Morgan fingerprint density at radius 3 is 2.21 bits per heavy atom. The molecule has 8 heteroatoms. The normalized spacial score (nSPS) is 12.2. The number of amides is 1. The summed E-state index contributed by atoms with van der Waals surface area (Å²) in [7, 11) is -3.80. The van der Waals surface area contributed by atoms with E-state index in [1.807, 2.05) is 37.3 Å². The van der Waals surface area contributed by atoms with Crippen molar-refractivity contribution in [1.29, 1.82) is 0 Å². The quantitative estimate of drug-likeness (QED) is 0.537. The van der Waals surface area contributed by atoms with Gasteiger partial charge in [0.2, 0.25) is 0 Å². The number of hydrogen-bond acceptors (Lipinski definition) is 3. The van der Waals surface area contributed by atoms with Crippen LogP contribution in [0.3, 0.4) is 0 Å². The molecule has 0 radical (unpaired) electrons. The van der Waals surface area contributed by atoms with Crippen molar-refractivity contribution in [2.24, 2.45) is 0 Å². The maximum absolute atomic E-state index is 12.6. The Kier molecular flexibility index (Phi) is 6.47. The van der Waals surface area contributed by atoms with Gasteiger partial charge in [-0.2, -0.15) is 0 Å². The van der Waals surface area contributed by atoms with Crippen molar-refractivity contribution < 1.29 is 13.2 Å². The first-order valence-corrected chi connectivity index (χ1v) is 10.9. The second kappa shape index (κ2) is 8.86. The average molecular weight is 449 g/mol. The van der Waals surface area contributed by atoms with Crippen LogP contribution in [0.25, 0.3) is 0 Å². The zero-order valence-corrected chi connectivity index (χ0v) is 17.7. The standard InChI is InChI=1S/C21H18Cl2N2O3S/c1-14(15-5-3-2-4-6-15)24-21(26)19-12-9-17(13-20(19)23)25-29(27,28)18-10-7-16(22)8-11-18/h2-14,25H,1H3,(H,24,26)/t14-/m0/s1. The summed E-state index contributed by atoms with van der Waals surface area (Å²) in [5.41, 5.74) is 1.46. The van der Waals surface area contributed by atoms with Crippen LogP contribution in [-0.4, -0.2) is 14.3 Å². The van der Waals surface area contributed by atoms with Crippen LogP contribution in [0.15, 0.2) is 77.7 Å². The molecule has 0 aliphatic heterocycles. The van der Waals surface area contributed by atoms with Crippen molar-refractivity contribution in [3.63, 3.8) is 0 Å². The van der Waals surface area contributed by atoms with Crippen LogP contribution in [0.1, 0.15) is 28.9 Å². The molecule has 0 bridgehead atoms. The lowest BCUT2D eigenvalue weighted by Gasteiger charge is -2.15. The highest BCUT2D eigenvalue weighted by Gasteiger charge is 2.17. The molecule has 0 spiro atoms. The van der Waals surface area contributed by atoms with Crippen molar-refractivity contribution in [1.82, 2.24) is 5.32 Å². The molecule has 0 aliphatic carbocycles. The molecule has 150 valence electrons. The molecule has 3 rings (SSSR count). The summed E-state index contributed by atoms with van der Waals surface area (Å²) in [5.74, 6) is -0.349. The van der Waals surface area contributed by atoms with E-state index in [9.17, 15) is 13.2 Å². The lowest BCUT2D eigenvalue weighted by Crippen LogP contribution is -2.26. The lowest BCUT2D eigenvalue weighted by atomic mass is 10.1. The molecule has 29 heavy (non-hydrogen) atoms. The minimum Gasteiger partial charge on any atom is -0.345 e. The number of carbonyl (C=O) groups is 1. The minimum absolute atomic E-state index is 0.0662. The smallest absolute Gasteiger partial charge is 0.261 e. The number of carbonyl (C=O) groups excluding carboxylic acids is 1. The SMILES string of the molecule is C[C@H](NC(=O)c1ccc(NS(=O)(=O)c2ccc(Cl)cc2)cc1Cl)c1ccccc1. The molecular weight excluding hydrogens is 431 g/mol. The highest BCUT2D eigenvalue weighted by atomic mass is 35.5. The van der Waals surface area contributed by atoms with E-state index >= 15 is 0 Å². The molecule has 1 amide bonds. The number of anilines is 1. The highest BCUT2D eigenvalue weighted by molar-refractivity contribution is 7.92. The van der Waals surface area contributed by atoms with Gasteiger partial charge in [0, 0.05) is 5.02 Å². The molecule has 3 aromatic rings. The second-order valence-electron chi connectivity index (χ2n) is 6.36. The predicted octanol–water partition coefficient (Wildman–Crippen LogP) is 5.29. The van der Waals surface area contributed by atoms with E-state index in [1.165, 1.54) is 42.5 Å². The molecular formula is C21H18Cl2N2O3S. The Bertz CT molecular complexity index is 1120. The number of halogens is 2. The average Bonchev–Trinajstić information content (AvgIpc) is 2.68. The first-order valence-electron chi connectivity index (χ1n) is 8.70. The molecule has 0 saturated heterocycles. The third-order valence-electron chi connectivity index (χ3n) is 4.24. The van der Waals surface area contributed by atoms with Gasteiger partial charge in [0.25, 0.3) is 15.9 Å².